The number of benzene rings is 2. The zero-order valence-corrected chi connectivity index (χ0v) is 13.2. The van der Waals surface area contributed by atoms with Crippen molar-refractivity contribution in [3.8, 4) is 11.3 Å². The van der Waals surface area contributed by atoms with Gasteiger partial charge in [-0.1, -0.05) is 42.5 Å². The van der Waals surface area contributed by atoms with E-state index < -0.39 is 0 Å². The van der Waals surface area contributed by atoms with E-state index in [1.807, 2.05) is 6.07 Å². The van der Waals surface area contributed by atoms with Gasteiger partial charge in [0.2, 0.25) is 0 Å². The second-order valence-corrected chi connectivity index (χ2v) is 5.34. The Bertz CT molecular complexity index is 754. The quantitative estimate of drug-likeness (QED) is 0.780. The first-order chi connectivity index (χ1) is 11.3. The second-order valence-electron chi connectivity index (χ2n) is 5.34. The number of nitrogens with zero attached hydrogens (tertiary/aromatic N) is 3. The number of nitrogen functional groups attached to an aromatic ring is 1. The number of hydrogen-bond donors (Lipinski definition) is 1. The van der Waals surface area contributed by atoms with Crippen molar-refractivity contribution in [1.29, 1.82) is 0 Å². The Morgan fingerprint density at radius 3 is 2.26 bits per heavy atom. The minimum atomic E-state index is 0.458. The highest BCUT2D eigenvalue weighted by molar-refractivity contribution is 5.69. The van der Waals surface area contributed by atoms with Gasteiger partial charge in [0.15, 0.2) is 0 Å². The summed E-state index contributed by atoms with van der Waals surface area (Å²) in [6.07, 6.45) is 3.26. The molecule has 3 rings (SSSR count). The lowest BCUT2D eigenvalue weighted by atomic mass is 10.1. The van der Waals surface area contributed by atoms with E-state index in [4.69, 9.17) is 5.73 Å². The van der Waals surface area contributed by atoms with Crippen molar-refractivity contribution in [3.63, 3.8) is 0 Å². The zero-order valence-electron chi connectivity index (χ0n) is 13.2. The largest absolute Gasteiger partial charge is 0.382 e. The molecule has 23 heavy (non-hydrogen) atoms. The SMILES string of the molecule is CCN(Cc1ccc(-c2nccnc2N)cc1)c1ccccc1. The number of rotatable bonds is 5. The molecular formula is C19H20N4. The molecule has 1 heterocycles. The van der Waals surface area contributed by atoms with Crippen molar-refractivity contribution in [1.82, 2.24) is 9.97 Å². The summed E-state index contributed by atoms with van der Waals surface area (Å²) in [5.74, 6) is 0.458. The molecule has 0 saturated carbocycles. The van der Waals surface area contributed by atoms with E-state index in [1.54, 1.807) is 12.4 Å². The van der Waals surface area contributed by atoms with Crippen LogP contribution < -0.4 is 10.6 Å². The lowest BCUT2D eigenvalue weighted by Gasteiger charge is -2.23. The highest BCUT2D eigenvalue weighted by Crippen LogP contribution is 2.23. The summed E-state index contributed by atoms with van der Waals surface area (Å²) >= 11 is 0. The van der Waals surface area contributed by atoms with Crippen molar-refractivity contribution in [2.24, 2.45) is 0 Å². The maximum absolute atomic E-state index is 5.89. The van der Waals surface area contributed by atoms with Crippen LogP contribution in [0.1, 0.15) is 12.5 Å². The average molecular weight is 304 g/mol. The van der Waals surface area contributed by atoms with E-state index in [0.29, 0.717) is 5.82 Å². The Balaban J connectivity index is 1.79. The smallest absolute Gasteiger partial charge is 0.149 e. The van der Waals surface area contributed by atoms with Crippen molar-refractivity contribution < 1.29 is 0 Å². The van der Waals surface area contributed by atoms with Crippen LogP contribution >= 0.6 is 0 Å². The maximum atomic E-state index is 5.89. The van der Waals surface area contributed by atoms with Crippen LogP contribution in [-0.2, 0) is 6.54 Å². The predicted octanol–water partition coefficient (Wildman–Crippen LogP) is 3.75. The van der Waals surface area contributed by atoms with Crippen LogP contribution in [0.3, 0.4) is 0 Å². The molecule has 2 aromatic carbocycles. The second kappa shape index (κ2) is 6.92. The van der Waals surface area contributed by atoms with Gasteiger partial charge in [-0.3, -0.25) is 4.98 Å². The first kappa shape index (κ1) is 15.0. The average Bonchev–Trinajstić information content (AvgIpc) is 2.61. The van der Waals surface area contributed by atoms with Gasteiger partial charge >= 0.3 is 0 Å². The zero-order chi connectivity index (χ0) is 16.1. The van der Waals surface area contributed by atoms with Crippen molar-refractivity contribution in [2.75, 3.05) is 17.2 Å². The van der Waals surface area contributed by atoms with Gasteiger partial charge in [0, 0.05) is 36.7 Å². The van der Waals surface area contributed by atoms with Crippen LogP contribution in [0.25, 0.3) is 11.3 Å². The molecule has 0 saturated heterocycles. The van der Waals surface area contributed by atoms with Gasteiger partial charge in [0.1, 0.15) is 11.5 Å². The van der Waals surface area contributed by atoms with Crippen LogP contribution in [0.15, 0.2) is 67.0 Å². The molecule has 0 fully saturated rings. The first-order valence-corrected chi connectivity index (χ1v) is 7.73. The third-order valence-corrected chi connectivity index (χ3v) is 3.83. The van der Waals surface area contributed by atoms with Crippen molar-refractivity contribution in [2.45, 2.75) is 13.5 Å². The standard InChI is InChI=1S/C19H20N4/c1-2-23(17-6-4-3-5-7-17)14-15-8-10-16(11-9-15)18-19(20)22-13-12-21-18/h3-13H,2,14H2,1H3,(H2,20,22). The molecule has 3 aromatic rings. The molecule has 0 atom stereocenters. The van der Waals surface area contributed by atoms with Crippen LogP contribution in [0.2, 0.25) is 0 Å². The Labute approximate surface area is 136 Å². The normalized spacial score (nSPS) is 10.5. The number of aromatic nitrogens is 2. The highest BCUT2D eigenvalue weighted by atomic mass is 15.1. The predicted molar refractivity (Wildman–Crippen MR) is 95.0 cm³/mol. The van der Waals surface area contributed by atoms with Crippen LogP contribution in [0.5, 0.6) is 0 Å². The van der Waals surface area contributed by atoms with E-state index >= 15 is 0 Å². The molecule has 0 aliphatic carbocycles. The summed E-state index contributed by atoms with van der Waals surface area (Å²) in [5.41, 5.74) is 10.1. The fraction of sp³-hybridized carbons (Fsp3) is 0.158. The molecule has 4 nitrogen and oxygen atoms in total. The van der Waals surface area contributed by atoms with Crippen LogP contribution in [-0.4, -0.2) is 16.5 Å². The molecule has 0 spiro atoms. The maximum Gasteiger partial charge on any atom is 0.149 e. The molecule has 116 valence electrons. The molecule has 0 aliphatic rings. The van der Waals surface area contributed by atoms with E-state index in [0.717, 1.165) is 24.3 Å². The summed E-state index contributed by atoms with van der Waals surface area (Å²) in [4.78, 5) is 10.7. The van der Waals surface area contributed by atoms with E-state index in [2.05, 4.69) is 70.3 Å². The number of nitrogens with two attached hydrogens (primary N) is 1. The molecule has 0 unspecified atom stereocenters. The monoisotopic (exact) mass is 304 g/mol. The topological polar surface area (TPSA) is 55.0 Å². The Kier molecular flexibility index (Phi) is 4.52. The number of anilines is 2. The fourth-order valence-electron chi connectivity index (χ4n) is 2.58. The molecule has 2 N–H and O–H groups in total. The summed E-state index contributed by atoms with van der Waals surface area (Å²) in [6, 6.07) is 18.8. The van der Waals surface area contributed by atoms with E-state index in [-0.39, 0.29) is 0 Å². The van der Waals surface area contributed by atoms with Crippen LogP contribution in [0.4, 0.5) is 11.5 Å². The Morgan fingerprint density at radius 1 is 0.913 bits per heavy atom. The first-order valence-electron chi connectivity index (χ1n) is 7.73. The fourth-order valence-corrected chi connectivity index (χ4v) is 2.58. The number of hydrogen-bond acceptors (Lipinski definition) is 4. The third-order valence-electron chi connectivity index (χ3n) is 3.83. The van der Waals surface area contributed by atoms with Gasteiger partial charge in [-0.25, -0.2) is 4.98 Å². The molecule has 0 amide bonds. The van der Waals surface area contributed by atoms with E-state index in [9.17, 15) is 0 Å². The minimum absolute atomic E-state index is 0.458. The summed E-state index contributed by atoms with van der Waals surface area (Å²) < 4.78 is 0. The highest BCUT2D eigenvalue weighted by Gasteiger charge is 2.07. The molecule has 0 aliphatic heterocycles. The molecule has 1 aromatic heterocycles. The lowest BCUT2D eigenvalue weighted by molar-refractivity contribution is 0.832. The van der Waals surface area contributed by atoms with E-state index in [1.165, 1.54) is 11.3 Å². The van der Waals surface area contributed by atoms with Gasteiger partial charge in [-0.2, -0.15) is 0 Å². The Morgan fingerprint density at radius 2 is 1.61 bits per heavy atom. The molecular weight excluding hydrogens is 284 g/mol. The summed E-state index contributed by atoms with van der Waals surface area (Å²) in [5, 5.41) is 0. The summed E-state index contributed by atoms with van der Waals surface area (Å²) in [6.45, 7) is 4.00. The minimum Gasteiger partial charge on any atom is -0.382 e. The molecule has 4 heteroatoms. The lowest BCUT2D eigenvalue weighted by Crippen LogP contribution is -2.21. The van der Waals surface area contributed by atoms with Crippen molar-refractivity contribution >= 4 is 11.5 Å². The number of para-hydroxylation sites is 1. The van der Waals surface area contributed by atoms with Crippen LogP contribution in [0, 0.1) is 0 Å². The Hall–Kier alpha value is -2.88. The van der Waals surface area contributed by atoms with Crippen molar-refractivity contribution in [3.05, 3.63) is 72.6 Å². The van der Waals surface area contributed by atoms with Gasteiger partial charge in [-0.15, -0.1) is 0 Å². The third kappa shape index (κ3) is 3.48. The molecule has 0 bridgehead atoms. The summed E-state index contributed by atoms with van der Waals surface area (Å²) in [7, 11) is 0. The molecule has 0 radical (unpaired) electrons. The van der Waals surface area contributed by atoms with Gasteiger partial charge in [0.05, 0.1) is 0 Å². The van der Waals surface area contributed by atoms with Gasteiger partial charge in [-0.05, 0) is 24.6 Å². The van der Waals surface area contributed by atoms with Gasteiger partial charge in [0.25, 0.3) is 0 Å². The van der Waals surface area contributed by atoms with Gasteiger partial charge < -0.3 is 10.6 Å².